The average Bonchev–Trinajstić information content (AvgIpc) is 2.84. The minimum atomic E-state index is -0.708. The number of hydrogen-bond acceptors (Lipinski definition) is 4. The third-order valence-electron chi connectivity index (χ3n) is 2.56. The molecule has 0 unspecified atom stereocenters. The molecule has 2 rings (SSSR count). The van der Waals surface area contributed by atoms with E-state index in [-0.39, 0.29) is 17.0 Å². The molecule has 2 aromatic rings. The van der Waals surface area contributed by atoms with E-state index < -0.39 is 11.7 Å². The van der Waals surface area contributed by atoms with E-state index in [1.807, 2.05) is 17.5 Å². The summed E-state index contributed by atoms with van der Waals surface area (Å²) in [4.78, 5) is 12.3. The minimum absolute atomic E-state index is 0.00982. The quantitative estimate of drug-likeness (QED) is 0.824. The Hall–Kier alpha value is -2.08. The summed E-state index contributed by atoms with van der Waals surface area (Å²) < 4.78 is 18.9. The van der Waals surface area contributed by atoms with Crippen molar-refractivity contribution in [1.82, 2.24) is 0 Å². The van der Waals surface area contributed by atoms with Crippen LogP contribution in [0.15, 0.2) is 29.6 Å². The largest absolute Gasteiger partial charge is 0.490 e. The summed E-state index contributed by atoms with van der Waals surface area (Å²) in [6.45, 7) is 0.319. The summed E-state index contributed by atoms with van der Waals surface area (Å²) in [5.74, 6) is -1.33. The summed E-state index contributed by atoms with van der Waals surface area (Å²) in [7, 11) is 0. The van der Waals surface area contributed by atoms with Crippen molar-refractivity contribution < 1.29 is 13.9 Å². The van der Waals surface area contributed by atoms with Gasteiger partial charge < -0.3 is 16.2 Å². The Kier molecular flexibility index (Phi) is 4.01. The van der Waals surface area contributed by atoms with Crippen molar-refractivity contribution in [2.24, 2.45) is 5.73 Å². The lowest BCUT2D eigenvalue weighted by atomic mass is 10.1. The van der Waals surface area contributed by atoms with Crippen LogP contribution in [0, 0.1) is 5.82 Å². The van der Waals surface area contributed by atoms with Gasteiger partial charge in [-0.15, -0.1) is 11.3 Å². The number of ether oxygens (including phenoxy) is 1. The average molecular weight is 280 g/mol. The van der Waals surface area contributed by atoms with Gasteiger partial charge in [-0.05, 0) is 17.5 Å². The van der Waals surface area contributed by atoms with Crippen LogP contribution in [0.2, 0.25) is 0 Å². The number of anilines is 1. The molecule has 4 nitrogen and oxygen atoms in total. The van der Waals surface area contributed by atoms with Gasteiger partial charge in [0.05, 0.1) is 12.2 Å². The first-order chi connectivity index (χ1) is 9.08. The molecular weight excluding hydrogens is 267 g/mol. The second kappa shape index (κ2) is 5.71. The SMILES string of the molecule is NC(=O)c1cc(OCCc2cccs2)c(F)cc1N. The molecule has 0 aliphatic heterocycles. The molecule has 0 saturated carbocycles. The fourth-order valence-electron chi connectivity index (χ4n) is 1.61. The molecule has 100 valence electrons. The van der Waals surface area contributed by atoms with E-state index in [0.717, 1.165) is 10.9 Å². The molecule has 0 aliphatic carbocycles. The van der Waals surface area contributed by atoms with Gasteiger partial charge in [0.15, 0.2) is 11.6 Å². The van der Waals surface area contributed by atoms with Gasteiger partial charge in [-0.2, -0.15) is 0 Å². The highest BCUT2D eigenvalue weighted by Crippen LogP contribution is 2.24. The van der Waals surface area contributed by atoms with E-state index in [2.05, 4.69) is 0 Å². The zero-order chi connectivity index (χ0) is 13.8. The molecule has 0 atom stereocenters. The number of primary amides is 1. The number of carbonyl (C=O) groups excluding carboxylic acids is 1. The summed E-state index contributed by atoms with van der Waals surface area (Å²) in [6, 6.07) is 6.19. The first-order valence-corrected chi connectivity index (χ1v) is 6.50. The lowest BCUT2D eigenvalue weighted by Crippen LogP contribution is -2.14. The van der Waals surface area contributed by atoms with Crippen LogP contribution < -0.4 is 16.2 Å². The summed E-state index contributed by atoms with van der Waals surface area (Å²) >= 11 is 1.60. The summed E-state index contributed by atoms with van der Waals surface area (Å²) in [6.07, 6.45) is 0.674. The standard InChI is InChI=1S/C13H13FN2O2S/c14-10-7-11(15)9(13(16)17)6-12(10)18-4-3-8-2-1-5-19-8/h1-2,5-7H,3-4,15H2,(H2,16,17). The Labute approximate surface area is 113 Å². The Morgan fingerprint density at radius 3 is 2.84 bits per heavy atom. The number of nitrogens with two attached hydrogens (primary N) is 2. The van der Waals surface area contributed by atoms with E-state index in [0.29, 0.717) is 13.0 Å². The van der Waals surface area contributed by atoms with Crippen molar-refractivity contribution in [2.45, 2.75) is 6.42 Å². The molecule has 0 radical (unpaired) electrons. The summed E-state index contributed by atoms with van der Waals surface area (Å²) in [5.41, 5.74) is 10.7. The molecule has 19 heavy (non-hydrogen) atoms. The van der Waals surface area contributed by atoms with Crippen LogP contribution in [0.25, 0.3) is 0 Å². The molecule has 0 aliphatic rings. The molecule has 6 heteroatoms. The molecule has 0 saturated heterocycles. The van der Waals surface area contributed by atoms with Crippen molar-refractivity contribution in [1.29, 1.82) is 0 Å². The normalized spacial score (nSPS) is 10.4. The van der Waals surface area contributed by atoms with Crippen molar-refractivity contribution >= 4 is 22.9 Å². The smallest absolute Gasteiger partial charge is 0.250 e. The molecule has 0 bridgehead atoms. The van der Waals surface area contributed by atoms with Gasteiger partial charge in [-0.1, -0.05) is 6.07 Å². The number of halogens is 1. The predicted molar refractivity (Wildman–Crippen MR) is 72.8 cm³/mol. The Bertz CT molecular complexity index is 585. The molecule has 1 amide bonds. The highest BCUT2D eigenvalue weighted by molar-refractivity contribution is 7.09. The zero-order valence-corrected chi connectivity index (χ0v) is 10.9. The van der Waals surface area contributed by atoms with E-state index in [9.17, 15) is 9.18 Å². The Balaban J connectivity index is 2.07. The Morgan fingerprint density at radius 1 is 1.42 bits per heavy atom. The maximum atomic E-state index is 13.6. The van der Waals surface area contributed by atoms with Crippen molar-refractivity contribution in [3.63, 3.8) is 0 Å². The third kappa shape index (κ3) is 3.23. The topological polar surface area (TPSA) is 78.3 Å². The molecular formula is C13H13FN2O2S. The van der Waals surface area contributed by atoms with Crippen LogP contribution >= 0.6 is 11.3 Å². The van der Waals surface area contributed by atoms with Crippen LogP contribution in [-0.4, -0.2) is 12.5 Å². The van der Waals surface area contributed by atoms with Crippen molar-refractivity contribution in [3.8, 4) is 5.75 Å². The number of amides is 1. The number of rotatable bonds is 5. The molecule has 0 fully saturated rings. The predicted octanol–water partition coefficient (Wildman–Crippen LogP) is 2.19. The highest BCUT2D eigenvalue weighted by atomic mass is 32.1. The Morgan fingerprint density at radius 2 is 2.21 bits per heavy atom. The molecule has 0 spiro atoms. The van der Waals surface area contributed by atoms with Crippen molar-refractivity contribution in [3.05, 3.63) is 45.9 Å². The minimum Gasteiger partial charge on any atom is -0.490 e. The molecule has 1 heterocycles. The fraction of sp³-hybridized carbons (Fsp3) is 0.154. The van der Waals surface area contributed by atoms with E-state index in [1.54, 1.807) is 11.3 Å². The third-order valence-corrected chi connectivity index (χ3v) is 3.49. The maximum absolute atomic E-state index is 13.6. The lowest BCUT2D eigenvalue weighted by molar-refractivity contribution is 0.100. The second-order valence-corrected chi connectivity index (χ2v) is 4.94. The van der Waals surface area contributed by atoms with Gasteiger partial charge in [0.1, 0.15) is 0 Å². The monoisotopic (exact) mass is 280 g/mol. The molecule has 1 aromatic carbocycles. The van der Waals surface area contributed by atoms with E-state index in [1.165, 1.54) is 6.07 Å². The number of hydrogen-bond donors (Lipinski definition) is 2. The first-order valence-electron chi connectivity index (χ1n) is 5.62. The number of benzene rings is 1. The fourth-order valence-corrected chi connectivity index (χ4v) is 2.30. The molecule has 4 N–H and O–H groups in total. The lowest BCUT2D eigenvalue weighted by Gasteiger charge is -2.09. The molecule has 1 aromatic heterocycles. The second-order valence-electron chi connectivity index (χ2n) is 3.91. The van der Waals surface area contributed by atoms with E-state index >= 15 is 0 Å². The van der Waals surface area contributed by atoms with Gasteiger partial charge in [-0.3, -0.25) is 4.79 Å². The van der Waals surface area contributed by atoms with Crippen molar-refractivity contribution in [2.75, 3.05) is 12.3 Å². The number of nitrogen functional groups attached to an aromatic ring is 1. The van der Waals surface area contributed by atoms with Gasteiger partial charge in [-0.25, -0.2) is 4.39 Å². The van der Waals surface area contributed by atoms with Crippen LogP contribution in [-0.2, 0) is 6.42 Å². The number of carbonyl (C=O) groups is 1. The zero-order valence-electron chi connectivity index (χ0n) is 10.1. The van der Waals surface area contributed by atoms with Crippen LogP contribution in [0.4, 0.5) is 10.1 Å². The maximum Gasteiger partial charge on any atom is 0.250 e. The van der Waals surface area contributed by atoms with Gasteiger partial charge in [0, 0.05) is 23.1 Å². The summed E-state index contributed by atoms with van der Waals surface area (Å²) in [5, 5.41) is 1.96. The first kappa shape index (κ1) is 13.4. The van der Waals surface area contributed by atoms with Gasteiger partial charge in [0.2, 0.25) is 0 Å². The highest BCUT2D eigenvalue weighted by Gasteiger charge is 2.12. The van der Waals surface area contributed by atoms with Gasteiger partial charge in [0.25, 0.3) is 5.91 Å². The van der Waals surface area contributed by atoms with Gasteiger partial charge >= 0.3 is 0 Å². The van der Waals surface area contributed by atoms with E-state index in [4.69, 9.17) is 16.2 Å². The van der Waals surface area contributed by atoms with Crippen LogP contribution in [0.5, 0.6) is 5.75 Å². The number of thiophene rings is 1. The van der Waals surface area contributed by atoms with Crippen LogP contribution in [0.1, 0.15) is 15.2 Å². The van der Waals surface area contributed by atoms with Crippen LogP contribution in [0.3, 0.4) is 0 Å².